The highest BCUT2D eigenvalue weighted by Gasteiger charge is 2.04. The Morgan fingerprint density at radius 2 is 2.06 bits per heavy atom. The maximum atomic E-state index is 10.6. The first-order chi connectivity index (χ1) is 7.56. The van der Waals surface area contributed by atoms with E-state index in [1.165, 1.54) is 0 Å². The van der Waals surface area contributed by atoms with Gasteiger partial charge in [-0.3, -0.25) is 9.78 Å². The molecule has 3 nitrogen and oxygen atoms in total. The number of nitrogens with zero attached hydrogens (tertiary/aromatic N) is 1. The molecule has 3 heteroatoms. The van der Waals surface area contributed by atoms with Gasteiger partial charge in [0.25, 0.3) is 0 Å². The SMILES string of the molecule is Cc1cc(C)c2cc(CC(=O)O)ccc2n1. The van der Waals surface area contributed by atoms with Gasteiger partial charge in [0.15, 0.2) is 0 Å². The normalized spacial score (nSPS) is 10.6. The van der Waals surface area contributed by atoms with Crippen molar-refractivity contribution >= 4 is 16.9 Å². The van der Waals surface area contributed by atoms with Gasteiger partial charge in [0.05, 0.1) is 11.9 Å². The Labute approximate surface area is 93.7 Å². The summed E-state index contributed by atoms with van der Waals surface area (Å²) in [5.41, 5.74) is 3.85. The van der Waals surface area contributed by atoms with Crippen molar-refractivity contribution in [2.75, 3.05) is 0 Å². The van der Waals surface area contributed by atoms with Crippen LogP contribution in [0.5, 0.6) is 0 Å². The Balaban J connectivity index is 2.57. The van der Waals surface area contributed by atoms with E-state index in [4.69, 9.17) is 5.11 Å². The topological polar surface area (TPSA) is 50.2 Å². The van der Waals surface area contributed by atoms with Crippen LogP contribution in [-0.4, -0.2) is 16.1 Å². The zero-order chi connectivity index (χ0) is 11.7. The molecular formula is C13H13NO2. The van der Waals surface area contributed by atoms with E-state index in [-0.39, 0.29) is 6.42 Å². The molecule has 0 radical (unpaired) electrons. The van der Waals surface area contributed by atoms with Gasteiger partial charge in [-0.05, 0) is 43.2 Å². The number of hydrogen-bond acceptors (Lipinski definition) is 2. The van der Waals surface area contributed by atoms with E-state index in [1.54, 1.807) is 0 Å². The standard InChI is InChI=1S/C13H13NO2/c1-8-5-9(2)14-12-4-3-10(6-11(8)12)7-13(15)16/h3-6H,7H2,1-2H3,(H,15,16). The highest BCUT2D eigenvalue weighted by Crippen LogP contribution is 2.19. The molecule has 0 saturated heterocycles. The fourth-order valence-corrected chi connectivity index (χ4v) is 1.89. The summed E-state index contributed by atoms with van der Waals surface area (Å²) in [5.74, 6) is -0.808. The largest absolute Gasteiger partial charge is 0.481 e. The minimum atomic E-state index is -0.808. The third-order valence-corrected chi connectivity index (χ3v) is 2.56. The second-order valence-electron chi connectivity index (χ2n) is 4.00. The van der Waals surface area contributed by atoms with E-state index in [0.29, 0.717) is 0 Å². The summed E-state index contributed by atoms with van der Waals surface area (Å²) in [6, 6.07) is 7.62. The number of aliphatic carboxylic acids is 1. The predicted octanol–water partition coefficient (Wildman–Crippen LogP) is 2.48. The van der Waals surface area contributed by atoms with Crippen LogP contribution in [0.4, 0.5) is 0 Å². The van der Waals surface area contributed by atoms with Crippen molar-refractivity contribution in [3.8, 4) is 0 Å². The third-order valence-electron chi connectivity index (χ3n) is 2.56. The molecule has 0 bridgehead atoms. The first-order valence-corrected chi connectivity index (χ1v) is 5.15. The molecule has 0 aliphatic rings. The van der Waals surface area contributed by atoms with Gasteiger partial charge < -0.3 is 5.11 Å². The van der Waals surface area contributed by atoms with Gasteiger partial charge >= 0.3 is 5.97 Å². The van der Waals surface area contributed by atoms with Gasteiger partial charge in [-0.15, -0.1) is 0 Å². The Hall–Kier alpha value is -1.90. The first kappa shape index (κ1) is 10.6. The van der Waals surface area contributed by atoms with Crippen molar-refractivity contribution in [2.24, 2.45) is 0 Å². The molecule has 1 aromatic carbocycles. The molecule has 0 aliphatic heterocycles. The smallest absolute Gasteiger partial charge is 0.307 e. The minimum absolute atomic E-state index is 0.0588. The zero-order valence-electron chi connectivity index (χ0n) is 9.32. The molecule has 0 saturated carbocycles. The van der Waals surface area contributed by atoms with Gasteiger partial charge in [-0.2, -0.15) is 0 Å². The van der Waals surface area contributed by atoms with E-state index < -0.39 is 5.97 Å². The zero-order valence-corrected chi connectivity index (χ0v) is 9.32. The number of hydrogen-bond donors (Lipinski definition) is 1. The molecule has 0 atom stereocenters. The van der Waals surface area contributed by atoms with Gasteiger partial charge in [0, 0.05) is 11.1 Å². The summed E-state index contributed by atoms with van der Waals surface area (Å²) in [5, 5.41) is 9.77. The molecule has 2 rings (SSSR count). The number of benzene rings is 1. The van der Waals surface area contributed by atoms with Crippen molar-refractivity contribution in [3.05, 3.63) is 41.1 Å². The van der Waals surface area contributed by atoms with Crippen molar-refractivity contribution < 1.29 is 9.90 Å². The molecule has 82 valence electrons. The van der Waals surface area contributed by atoms with Gasteiger partial charge in [-0.1, -0.05) is 6.07 Å². The monoisotopic (exact) mass is 215 g/mol. The van der Waals surface area contributed by atoms with Crippen LogP contribution in [0.25, 0.3) is 10.9 Å². The molecule has 0 amide bonds. The van der Waals surface area contributed by atoms with Crippen LogP contribution >= 0.6 is 0 Å². The van der Waals surface area contributed by atoms with E-state index in [0.717, 1.165) is 27.7 Å². The van der Waals surface area contributed by atoms with Crippen molar-refractivity contribution in [1.29, 1.82) is 0 Å². The van der Waals surface area contributed by atoms with E-state index in [2.05, 4.69) is 4.98 Å². The van der Waals surface area contributed by atoms with Gasteiger partial charge in [0.2, 0.25) is 0 Å². The molecule has 0 spiro atoms. The van der Waals surface area contributed by atoms with Crippen molar-refractivity contribution in [2.45, 2.75) is 20.3 Å². The second-order valence-corrected chi connectivity index (χ2v) is 4.00. The van der Waals surface area contributed by atoms with E-state index in [1.807, 2.05) is 38.1 Å². The van der Waals surface area contributed by atoms with Crippen molar-refractivity contribution in [1.82, 2.24) is 4.98 Å². The van der Waals surface area contributed by atoms with Crippen molar-refractivity contribution in [3.63, 3.8) is 0 Å². The summed E-state index contributed by atoms with van der Waals surface area (Å²) in [6.45, 7) is 3.97. The quantitative estimate of drug-likeness (QED) is 0.837. The summed E-state index contributed by atoms with van der Waals surface area (Å²) < 4.78 is 0. The average molecular weight is 215 g/mol. The molecule has 0 unspecified atom stereocenters. The summed E-state index contributed by atoms with van der Waals surface area (Å²) in [7, 11) is 0. The highest BCUT2D eigenvalue weighted by atomic mass is 16.4. The number of fused-ring (bicyclic) bond motifs is 1. The number of aromatic nitrogens is 1. The fourth-order valence-electron chi connectivity index (χ4n) is 1.89. The Morgan fingerprint density at radius 1 is 1.31 bits per heavy atom. The molecular weight excluding hydrogens is 202 g/mol. The number of carboxylic acids is 1. The maximum Gasteiger partial charge on any atom is 0.307 e. The molecule has 1 heterocycles. The fraction of sp³-hybridized carbons (Fsp3) is 0.231. The van der Waals surface area contributed by atoms with Crippen LogP contribution in [0.1, 0.15) is 16.8 Å². The number of aryl methyl sites for hydroxylation is 2. The predicted molar refractivity (Wildman–Crippen MR) is 62.6 cm³/mol. The lowest BCUT2D eigenvalue weighted by molar-refractivity contribution is -0.136. The second kappa shape index (κ2) is 3.93. The van der Waals surface area contributed by atoms with Gasteiger partial charge in [0.1, 0.15) is 0 Å². The lowest BCUT2D eigenvalue weighted by atomic mass is 10.0. The number of carboxylic acid groups (broad SMARTS) is 1. The summed E-state index contributed by atoms with van der Waals surface area (Å²) in [6.07, 6.45) is 0.0588. The Morgan fingerprint density at radius 3 is 2.75 bits per heavy atom. The summed E-state index contributed by atoms with van der Waals surface area (Å²) >= 11 is 0. The molecule has 2 aromatic rings. The van der Waals surface area contributed by atoms with Crippen LogP contribution in [0.2, 0.25) is 0 Å². The number of rotatable bonds is 2. The lowest BCUT2D eigenvalue weighted by Crippen LogP contribution is -2.00. The first-order valence-electron chi connectivity index (χ1n) is 5.15. The van der Waals surface area contributed by atoms with Crippen LogP contribution in [-0.2, 0) is 11.2 Å². The average Bonchev–Trinajstić information content (AvgIpc) is 2.18. The van der Waals surface area contributed by atoms with Crippen LogP contribution in [0, 0.1) is 13.8 Å². The third kappa shape index (κ3) is 2.03. The van der Waals surface area contributed by atoms with E-state index in [9.17, 15) is 4.79 Å². The Kier molecular flexibility index (Phi) is 2.60. The highest BCUT2D eigenvalue weighted by molar-refractivity contribution is 5.84. The Bertz CT molecular complexity index is 561. The number of carbonyl (C=O) groups is 1. The maximum absolute atomic E-state index is 10.6. The summed E-state index contributed by atoms with van der Waals surface area (Å²) in [4.78, 5) is 15.0. The van der Waals surface area contributed by atoms with Gasteiger partial charge in [-0.25, -0.2) is 0 Å². The van der Waals surface area contributed by atoms with Crippen LogP contribution in [0.15, 0.2) is 24.3 Å². The van der Waals surface area contributed by atoms with Crippen LogP contribution in [0.3, 0.4) is 0 Å². The molecule has 16 heavy (non-hydrogen) atoms. The minimum Gasteiger partial charge on any atom is -0.481 e. The lowest BCUT2D eigenvalue weighted by Gasteiger charge is -2.05. The molecule has 1 aromatic heterocycles. The molecule has 0 fully saturated rings. The molecule has 0 aliphatic carbocycles. The molecule has 1 N–H and O–H groups in total. The van der Waals surface area contributed by atoms with Crippen LogP contribution < -0.4 is 0 Å². The van der Waals surface area contributed by atoms with E-state index >= 15 is 0 Å². The number of pyridine rings is 1.